The molecule has 1 aliphatic heterocycles. The summed E-state index contributed by atoms with van der Waals surface area (Å²) in [5.74, 6) is 0.113. The zero-order valence-corrected chi connectivity index (χ0v) is 16.4. The SMILES string of the molecule is Cc1c(NC(=O)C2COc3ccc(Cl)cc3C2)c(=O)n(-c2ccccc2)n1C. The quantitative estimate of drug-likeness (QED) is 0.737. The van der Waals surface area contributed by atoms with Crippen molar-refractivity contribution in [1.82, 2.24) is 9.36 Å². The molecule has 0 bridgehead atoms. The number of para-hydroxylation sites is 1. The summed E-state index contributed by atoms with van der Waals surface area (Å²) >= 11 is 6.05. The van der Waals surface area contributed by atoms with Crippen LogP contribution in [-0.4, -0.2) is 21.9 Å². The molecule has 144 valence electrons. The normalized spacial score (nSPS) is 15.6. The van der Waals surface area contributed by atoms with Crippen LogP contribution in [0.4, 0.5) is 5.69 Å². The van der Waals surface area contributed by atoms with Gasteiger partial charge in [0.05, 0.1) is 17.3 Å². The Hall–Kier alpha value is -2.99. The lowest BCUT2D eigenvalue weighted by molar-refractivity contribution is -0.121. The summed E-state index contributed by atoms with van der Waals surface area (Å²) in [6, 6.07) is 14.7. The van der Waals surface area contributed by atoms with Crippen molar-refractivity contribution in [2.75, 3.05) is 11.9 Å². The topological polar surface area (TPSA) is 65.3 Å². The number of carbonyl (C=O) groups excluding carboxylic acids is 1. The number of fused-ring (bicyclic) bond motifs is 1. The summed E-state index contributed by atoms with van der Waals surface area (Å²) in [6.45, 7) is 2.07. The van der Waals surface area contributed by atoms with Crippen LogP contribution in [0.2, 0.25) is 5.02 Å². The van der Waals surface area contributed by atoms with Gasteiger partial charge < -0.3 is 10.1 Å². The highest BCUT2D eigenvalue weighted by molar-refractivity contribution is 6.30. The Labute approximate surface area is 167 Å². The molecule has 4 rings (SSSR count). The van der Waals surface area contributed by atoms with E-state index in [0.29, 0.717) is 17.1 Å². The molecule has 0 saturated carbocycles. The summed E-state index contributed by atoms with van der Waals surface area (Å²) in [5.41, 5.74) is 2.34. The van der Waals surface area contributed by atoms with Crippen molar-refractivity contribution >= 4 is 23.2 Å². The highest BCUT2D eigenvalue weighted by atomic mass is 35.5. The van der Waals surface area contributed by atoms with Gasteiger partial charge in [0.25, 0.3) is 5.56 Å². The number of halogens is 1. The molecule has 28 heavy (non-hydrogen) atoms. The third-order valence-electron chi connectivity index (χ3n) is 5.10. The Kier molecular flexibility index (Phi) is 4.73. The number of ether oxygens (including phenoxy) is 1. The van der Waals surface area contributed by atoms with E-state index in [0.717, 1.165) is 17.0 Å². The third-order valence-corrected chi connectivity index (χ3v) is 5.34. The molecular formula is C21H20ClN3O3. The molecule has 1 atom stereocenters. The minimum atomic E-state index is -0.393. The van der Waals surface area contributed by atoms with Crippen LogP contribution in [0, 0.1) is 12.8 Å². The van der Waals surface area contributed by atoms with Gasteiger partial charge in [-0.15, -0.1) is 0 Å². The molecule has 0 saturated heterocycles. The molecule has 7 heteroatoms. The maximum Gasteiger partial charge on any atom is 0.295 e. The average Bonchev–Trinajstić information content (AvgIpc) is 2.91. The van der Waals surface area contributed by atoms with Crippen LogP contribution in [-0.2, 0) is 18.3 Å². The second-order valence-corrected chi connectivity index (χ2v) is 7.33. The van der Waals surface area contributed by atoms with Crippen molar-refractivity contribution in [1.29, 1.82) is 0 Å². The van der Waals surface area contributed by atoms with Crippen molar-refractivity contribution < 1.29 is 9.53 Å². The first kappa shape index (κ1) is 18.4. The molecule has 3 aromatic rings. The lowest BCUT2D eigenvalue weighted by Crippen LogP contribution is -2.34. The molecule has 2 aromatic carbocycles. The average molecular weight is 398 g/mol. The van der Waals surface area contributed by atoms with Gasteiger partial charge >= 0.3 is 0 Å². The third kappa shape index (κ3) is 3.20. The number of amides is 1. The molecule has 1 aromatic heterocycles. The summed E-state index contributed by atoms with van der Waals surface area (Å²) in [7, 11) is 1.79. The Balaban J connectivity index is 1.60. The zero-order chi connectivity index (χ0) is 19.8. The van der Waals surface area contributed by atoms with E-state index < -0.39 is 5.92 Å². The smallest absolute Gasteiger partial charge is 0.295 e. The first-order chi connectivity index (χ1) is 13.5. The van der Waals surface area contributed by atoms with Crippen molar-refractivity contribution in [2.45, 2.75) is 13.3 Å². The fraction of sp³-hybridized carbons (Fsp3) is 0.238. The van der Waals surface area contributed by atoms with Gasteiger partial charge in [0.1, 0.15) is 18.0 Å². The van der Waals surface area contributed by atoms with E-state index in [4.69, 9.17) is 16.3 Å². The molecular weight excluding hydrogens is 378 g/mol. The molecule has 0 fully saturated rings. The molecule has 1 amide bonds. The number of anilines is 1. The van der Waals surface area contributed by atoms with Gasteiger partial charge in [-0.25, -0.2) is 4.68 Å². The number of nitrogens with one attached hydrogen (secondary N) is 1. The van der Waals surface area contributed by atoms with E-state index in [9.17, 15) is 9.59 Å². The molecule has 1 aliphatic rings. The number of nitrogens with zero attached hydrogens (tertiary/aromatic N) is 2. The minimum absolute atomic E-state index is 0.239. The van der Waals surface area contributed by atoms with Crippen LogP contribution in [0.5, 0.6) is 5.75 Å². The number of rotatable bonds is 3. The largest absolute Gasteiger partial charge is 0.492 e. The van der Waals surface area contributed by atoms with E-state index >= 15 is 0 Å². The molecule has 0 radical (unpaired) electrons. The van der Waals surface area contributed by atoms with Crippen LogP contribution < -0.4 is 15.6 Å². The summed E-state index contributed by atoms with van der Waals surface area (Å²) in [5, 5.41) is 3.42. The molecule has 0 spiro atoms. The number of hydrogen-bond donors (Lipinski definition) is 1. The van der Waals surface area contributed by atoms with Gasteiger partial charge in [-0.2, -0.15) is 0 Å². The monoisotopic (exact) mass is 397 g/mol. The second kappa shape index (κ2) is 7.20. The van der Waals surface area contributed by atoms with Gasteiger partial charge in [0, 0.05) is 12.1 Å². The second-order valence-electron chi connectivity index (χ2n) is 6.89. The molecule has 0 aliphatic carbocycles. The van der Waals surface area contributed by atoms with Crippen molar-refractivity contribution in [3.05, 3.63) is 75.2 Å². The Morgan fingerprint density at radius 3 is 2.71 bits per heavy atom. The number of aromatic nitrogens is 2. The number of hydrogen-bond acceptors (Lipinski definition) is 3. The van der Waals surface area contributed by atoms with E-state index in [2.05, 4.69) is 5.32 Å². The maximum absolute atomic E-state index is 13.0. The Morgan fingerprint density at radius 2 is 1.96 bits per heavy atom. The van der Waals surface area contributed by atoms with Crippen molar-refractivity contribution in [3.8, 4) is 11.4 Å². The lowest BCUT2D eigenvalue weighted by atomic mass is 9.96. The maximum atomic E-state index is 13.0. The van der Waals surface area contributed by atoms with Crippen LogP contribution in [0.25, 0.3) is 5.69 Å². The van der Waals surface area contributed by atoms with Gasteiger partial charge in [0.2, 0.25) is 5.91 Å². The fourth-order valence-corrected chi connectivity index (χ4v) is 3.66. The molecule has 1 unspecified atom stereocenters. The predicted molar refractivity (Wildman–Crippen MR) is 109 cm³/mol. The fourth-order valence-electron chi connectivity index (χ4n) is 3.47. The summed E-state index contributed by atoms with van der Waals surface area (Å²) < 4.78 is 8.98. The highest BCUT2D eigenvalue weighted by Crippen LogP contribution is 2.30. The number of benzene rings is 2. The van der Waals surface area contributed by atoms with Crippen molar-refractivity contribution in [2.24, 2.45) is 13.0 Å². The Bertz CT molecular complexity index is 1100. The first-order valence-electron chi connectivity index (χ1n) is 9.02. The van der Waals surface area contributed by atoms with Gasteiger partial charge in [-0.05, 0) is 49.2 Å². The van der Waals surface area contributed by atoms with Gasteiger partial charge in [-0.3, -0.25) is 14.3 Å². The molecule has 1 N–H and O–H groups in total. The van der Waals surface area contributed by atoms with Crippen LogP contribution in [0.3, 0.4) is 0 Å². The number of carbonyl (C=O) groups is 1. The van der Waals surface area contributed by atoms with Crippen LogP contribution >= 0.6 is 11.6 Å². The van der Waals surface area contributed by atoms with E-state index in [-0.39, 0.29) is 23.8 Å². The van der Waals surface area contributed by atoms with Gasteiger partial charge in [0.15, 0.2) is 0 Å². The first-order valence-corrected chi connectivity index (χ1v) is 9.39. The van der Waals surface area contributed by atoms with E-state index in [1.165, 1.54) is 4.68 Å². The van der Waals surface area contributed by atoms with Crippen LogP contribution in [0.1, 0.15) is 11.3 Å². The summed E-state index contributed by atoms with van der Waals surface area (Å²) in [4.78, 5) is 25.8. The van der Waals surface area contributed by atoms with E-state index in [1.807, 2.05) is 49.4 Å². The summed E-state index contributed by atoms with van der Waals surface area (Å²) in [6.07, 6.45) is 0.514. The standard InChI is InChI=1S/C21H20ClN3O3/c1-13-19(21(27)25(24(13)2)17-6-4-3-5-7-17)23-20(26)15-10-14-11-16(22)8-9-18(14)28-12-15/h3-9,11,15H,10,12H2,1-2H3,(H,23,26). The van der Waals surface area contributed by atoms with Crippen LogP contribution in [0.15, 0.2) is 53.3 Å². The molecule has 2 heterocycles. The van der Waals surface area contributed by atoms with E-state index in [1.54, 1.807) is 17.8 Å². The highest BCUT2D eigenvalue weighted by Gasteiger charge is 2.28. The zero-order valence-electron chi connectivity index (χ0n) is 15.6. The lowest BCUT2D eigenvalue weighted by Gasteiger charge is -2.24. The molecule has 6 nitrogen and oxygen atoms in total. The van der Waals surface area contributed by atoms with Crippen molar-refractivity contribution in [3.63, 3.8) is 0 Å². The predicted octanol–water partition coefficient (Wildman–Crippen LogP) is 3.33. The Morgan fingerprint density at radius 1 is 1.21 bits per heavy atom. The van der Waals surface area contributed by atoms with Gasteiger partial charge in [-0.1, -0.05) is 29.8 Å². The minimum Gasteiger partial charge on any atom is -0.492 e.